The number of hydrogen-bond donors (Lipinski definition) is 1. The molecular formula is C15H21BrN2O. The fourth-order valence-corrected chi connectivity index (χ4v) is 2.88. The minimum absolute atomic E-state index is 0.0422. The van der Waals surface area contributed by atoms with E-state index in [4.69, 9.17) is 0 Å². The molecule has 1 aliphatic heterocycles. The van der Waals surface area contributed by atoms with Gasteiger partial charge in [-0.25, -0.2) is 0 Å². The molecule has 1 heterocycles. The quantitative estimate of drug-likeness (QED) is 0.907. The molecule has 1 aromatic carbocycles. The first-order valence-corrected chi connectivity index (χ1v) is 7.54. The molecule has 19 heavy (non-hydrogen) atoms. The number of benzene rings is 1. The van der Waals surface area contributed by atoms with Crippen LogP contribution < -0.4 is 5.32 Å². The Morgan fingerprint density at radius 2 is 2.21 bits per heavy atom. The Labute approximate surface area is 123 Å². The number of nitrogens with one attached hydrogen (secondary N) is 1. The Balaban J connectivity index is 2.03. The Bertz CT molecular complexity index is 475. The van der Waals surface area contributed by atoms with Crippen LogP contribution in [0, 0.1) is 6.92 Å². The summed E-state index contributed by atoms with van der Waals surface area (Å²) in [6.07, 6.45) is 2.05. The summed E-state index contributed by atoms with van der Waals surface area (Å²) >= 11 is 3.42. The third-order valence-corrected chi connectivity index (χ3v) is 4.48. The number of carbonyl (C=O) groups excluding carboxylic acids is 1. The number of rotatable bonds is 2. The lowest BCUT2D eigenvalue weighted by Crippen LogP contribution is -2.47. The Morgan fingerprint density at radius 3 is 2.89 bits per heavy atom. The van der Waals surface area contributed by atoms with Crippen LogP contribution in [0.3, 0.4) is 0 Å². The monoisotopic (exact) mass is 324 g/mol. The first kappa shape index (κ1) is 14.5. The van der Waals surface area contributed by atoms with Gasteiger partial charge in [0.25, 0.3) is 5.91 Å². The molecule has 1 N–H and O–H groups in total. The van der Waals surface area contributed by atoms with Crippen LogP contribution in [0.25, 0.3) is 0 Å². The molecule has 0 spiro atoms. The van der Waals surface area contributed by atoms with E-state index in [1.807, 2.05) is 25.1 Å². The summed E-state index contributed by atoms with van der Waals surface area (Å²) in [5.41, 5.74) is 1.78. The molecule has 3 nitrogen and oxygen atoms in total. The molecule has 0 radical (unpaired) electrons. The van der Waals surface area contributed by atoms with Gasteiger partial charge < -0.3 is 10.2 Å². The zero-order valence-corrected chi connectivity index (χ0v) is 13.3. The van der Waals surface area contributed by atoms with Crippen LogP contribution in [0.2, 0.25) is 0 Å². The molecule has 4 heteroatoms. The number of halogens is 1. The van der Waals surface area contributed by atoms with Gasteiger partial charge in [0, 0.05) is 28.7 Å². The van der Waals surface area contributed by atoms with Crippen LogP contribution in [-0.2, 0) is 0 Å². The molecule has 0 bridgehead atoms. The van der Waals surface area contributed by atoms with Crippen molar-refractivity contribution >= 4 is 21.8 Å². The first-order valence-electron chi connectivity index (χ1n) is 6.74. The predicted octanol–water partition coefficient (Wildman–Crippen LogP) is 2.97. The van der Waals surface area contributed by atoms with Crippen LogP contribution in [0.5, 0.6) is 0 Å². The van der Waals surface area contributed by atoms with Crippen molar-refractivity contribution in [1.82, 2.24) is 10.2 Å². The first-order chi connectivity index (χ1) is 8.97. The second-order valence-corrected chi connectivity index (χ2v) is 6.40. The molecule has 0 aliphatic carbocycles. The van der Waals surface area contributed by atoms with Crippen LogP contribution in [0.4, 0.5) is 0 Å². The fourth-order valence-electron chi connectivity index (χ4n) is 2.52. The lowest BCUT2D eigenvalue weighted by Gasteiger charge is -2.35. The van der Waals surface area contributed by atoms with Crippen molar-refractivity contribution in [2.45, 2.75) is 38.8 Å². The predicted molar refractivity (Wildman–Crippen MR) is 81.5 cm³/mol. The van der Waals surface area contributed by atoms with Crippen molar-refractivity contribution < 1.29 is 4.79 Å². The highest BCUT2D eigenvalue weighted by Crippen LogP contribution is 2.18. The number of nitrogens with zero attached hydrogens (tertiary/aromatic N) is 1. The summed E-state index contributed by atoms with van der Waals surface area (Å²) in [5.74, 6) is 0.0422. The molecule has 2 unspecified atom stereocenters. The molecule has 1 fully saturated rings. The fraction of sp³-hybridized carbons (Fsp3) is 0.533. The van der Waals surface area contributed by atoms with E-state index in [1.54, 1.807) is 0 Å². The topological polar surface area (TPSA) is 32.3 Å². The van der Waals surface area contributed by atoms with E-state index in [1.165, 1.54) is 0 Å². The van der Waals surface area contributed by atoms with Crippen molar-refractivity contribution in [3.8, 4) is 0 Å². The largest absolute Gasteiger partial charge is 0.349 e. The van der Waals surface area contributed by atoms with Gasteiger partial charge in [-0.15, -0.1) is 0 Å². The average molecular weight is 325 g/mol. The van der Waals surface area contributed by atoms with Gasteiger partial charge in [-0.05, 0) is 51.4 Å². The van der Waals surface area contributed by atoms with Gasteiger partial charge in [-0.3, -0.25) is 4.79 Å². The van der Waals surface area contributed by atoms with Crippen molar-refractivity contribution in [3.63, 3.8) is 0 Å². The smallest absolute Gasteiger partial charge is 0.251 e. The summed E-state index contributed by atoms with van der Waals surface area (Å²) in [7, 11) is 2.14. The molecule has 1 aromatic rings. The van der Waals surface area contributed by atoms with Gasteiger partial charge in [0.2, 0.25) is 0 Å². The van der Waals surface area contributed by atoms with E-state index < -0.39 is 0 Å². The summed E-state index contributed by atoms with van der Waals surface area (Å²) in [4.78, 5) is 14.7. The highest BCUT2D eigenvalue weighted by molar-refractivity contribution is 9.10. The number of amides is 1. The second kappa shape index (κ2) is 6.06. The summed E-state index contributed by atoms with van der Waals surface area (Å²) < 4.78 is 0.944. The Morgan fingerprint density at radius 1 is 1.47 bits per heavy atom. The van der Waals surface area contributed by atoms with E-state index in [-0.39, 0.29) is 11.9 Å². The second-order valence-electron chi connectivity index (χ2n) is 5.48. The summed E-state index contributed by atoms with van der Waals surface area (Å²) in [6.45, 7) is 5.23. The standard InChI is InChI=1S/C15H21BrN2O/c1-10-4-5-12(16)9-14(10)15(19)17-13-6-7-18(3)11(2)8-13/h4-5,9,11,13H,6-8H2,1-3H3,(H,17,19). The highest BCUT2D eigenvalue weighted by Gasteiger charge is 2.24. The Kier molecular flexibility index (Phi) is 4.63. The van der Waals surface area contributed by atoms with E-state index in [0.29, 0.717) is 6.04 Å². The Hall–Kier alpha value is -0.870. The number of piperidine rings is 1. The number of aryl methyl sites for hydroxylation is 1. The average Bonchev–Trinajstić information content (AvgIpc) is 2.36. The van der Waals surface area contributed by atoms with Crippen molar-refractivity contribution in [1.29, 1.82) is 0 Å². The lowest BCUT2D eigenvalue weighted by molar-refractivity contribution is 0.0896. The van der Waals surface area contributed by atoms with E-state index in [2.05, 4.69) is 40.1 Å². The minimum Gasteiger partial charge on any atom is -0.349 e. The SMILES string of the molecule is Cc1ccc(Br)cc1C(=O)NC1CCN(C)C(C)C1. The lowest BCUT2D eigenvalue weighted by atomic mass is 9.98. The molecule has 104 valence electrons. The van der Waals surface area contributed by atoms with E-state index in [9.17, 15) is 4.79 Å². The molecule has 1 saturated heterocycles. The molecule has 0 saturated carbocycles. The van der Waals surface area contributed by atoms with Crippen LogP contribution in [0.15, 0.2) is 22.7 Å². The summed E-state index contributed by atoms with van der Waals surface area (Å²) in [6, 6.07) is 6.64. The zero-order chi connectivity index (χ0) is 14.0. The van der Waals surface area contributed by atoms with Crippen molar-refractivity contribution in [2.75, 3.05) is 13.6 Å². The van der Waals surface area contributed by atoms with Crippen molar-refractivity contribution in [3.05, 3.63) is 33.8 Å². The van der Waals surface area contributed by atoms with Gasteiger partial charge >= 0.3 is 0 Å². The highest BCUT2D eigenvalue weighted by atomic mass is 79.9. The number of hydrogen-bond acceptors (Lipinski definition) is 2. The molecule has 2 rings (SSSR count). The van der Waals surface area contributed by atoms with Crippen molar-refractivity contribution in [2.24, 2.45) is 0 Å². The van der Waals surface area contributed by atoms with Gasteiger partial charge in [-0.1, -0.05) is 22.0 Å². The zero-order valence-electron chi connectivity index (χ0n) is 11.7. The third-order valence-electron chi connectivity index (χ3n) is 3.99. The number of likely N-dealkylation sites (tertiary alicyclic amines) is 1. The van der Waals surface area contributed by atoms with Crippen LogP contribution in [-0.4, -0.2) is 36.5 Å². The molecule has 0 aromatic heterocycles. The summed E-state index contributed by atoms with van der Waals surface area (Å²) in [5, 5.41) is 3.17. The molecule has 1 amide bonds. The van der Waals surface area contributed by atoms with Gasteiger partial charge in [0.1, 0.15) is 0 Å². The van der Waals surface area contributed by atoms with E-state index in [0.717, 1.165) is 35.0 Å². The normalized spacial score (nSPS) is 24.2. The molecule has 1 aliphatic rings. The number of carbonyl (C=O) groups is 1. The maximum atomic E-state index is 12.3. The molecular weight excluding hydrogens is 304 g/mol. The maximum absolute atomic E-state index is 12.3. The minimum atomic E-state index is 0.0422. The molecule has 2 atom stereocenters. The van der Waals surface area contributed by atoms with Gasteiger partial charge in [-0.2, -0.15) is 0 Å². The van der Waals surface area contributed by atoms with Gasteiger partial charge in [0.15, 0.2) is 0 Å². The van der Waals surface area contributed by atoms with Crippen LogP contribution in [0.1, 0.15) is 35.7 Å². The van der Waals surface area contributed by atoms with E-state index >= 15 is 0 Å². The third kappa shape index (κ3) is 3.57. The van der Waals surface area contributed by atoms with Gasteiger partial charge in [0.05, 0.1) is 0 Å². The maximum Gasteiger partial charge on any atom is 0.251 e. The van der Waals surface area contributed by atoms with Crippen LogP contribution >= 0.6 is 15.9 Å².